The molecule has 15 aromatic carbocycles. The number of nitro groups is 2. The molecule has 0 atom stereocenters. The number of aromatic hydroxyl groups is 2. The standard InChI is InChI=1S/C30H24N2O6.2C22H17NO4.C13H11BrO.C9H7NO3.C8H9NO3.C6H5BrO.CH4.Cu.HI.Na/c1-18-13-21(32(34)35)14-19(2)29(18)38-30(33)28-24-15-22(36-3)9-11-26(24)31-27-12-10-23(16-25(27)28)37-17-20-7-5-4-6-8-20;1-26-15-7-9-19-17(11-15)21(22(24)25)18-12-16(8-10-20(18)23-19)27-13-14-5-3-2-4-6-14;1-26-18-11-12-20-19(13-18)21(24)22(25)23(20)16-7-9-17(10-8-16)27-14-15-5-3-2-4-6-15;14-12-6-8-13(9-7-12)15-10-11-4-2-1-3-5-11;1-13-5-2-3-7-6(4-5)8(11)9(12)10-7;1-5-3-7(9(11)12)4-6(2)8(5)10;7-5-1-3-6(8)4-2-5;;;;/h4-16H,17H2,1-3H3;2-12H,13H2,1H3,(H,24,25);2-13H,14H2,1H3;1-9H,10H2;2-4H,1H3,(H,10,11,12);3-4,10H,1-2H3;1-4,8H;1H4;;1H;/q;;;;;;;;+1;;+1/p-2. The molecule has 4 heterocycles. The number of amides is 2. The summed E-state index contributed by atoms with van der Waals surface area (Å²) in [7, 11) is 6.12. The predicted octanol–water partition coefficient (Wildman–Crippen LogP) is 23.6. The van der Waals surface area contributed by atoms with Crippen molar-refractivity contribution in [1.82, 2.24) is 9.97 Å². The number of non-ortho nitro benzene ring substituents is 2. The van der Waals surface area contributed by atoms with E-state index in [1.54, 1.807) is 208 Å². The third-order valence-corrected chi connectivity index (χ3v) is 22.6. The number of phenolic OH excluding ortho intramolecular Hbond substituents is 2. The molecule has 0 radical (unpaired) electrons. The minimum Gasteiger partial charge on any atom is 1.00 e. The number of nitrogens with zero attached hydrogens (tertiary/aromatic N) is 6. The number of fused-ring (bicyclic) bond motifs is 6. The number of ketones is 2. The van der Waals surface area contributed by atoms with Crippen LogP contribution in [0.5, 0.6) is 63.2 Å². The number of carboxylic acid groups (broad SMARTS) is 1. The number of ether oxygens (including phenoxy) is 9. The maximum absolute atomic E-state index is 13.8. The summed E-state index contributed by atoms with van der Waals surface area (Å²) in [6.07, 6.45) is 0. The van der Waals surface area contributed by atoms with Gasteiger partial charge in [0, 0.05) is 66.0 Å². The van der Waals surface area contributed by atoms with Gasteiger partial charge >= 0.3 is 80.5 Å². The van der Waals surface area contributed by atoms with Gasteiger partial charge in [0.2, 0.25) is 5.78 Å². The number of pyridine rings is 2. The first-order valence-electron chi connectivity index (χ1n) is 43.2. The Morgan fingerprint density at radius 1 is 0.410 bits per heavy atom. The van der Waals surface area contributed by atoms with Crippen LogP contribution in [0.15, 0.2) is 337 Å². The van der Waals surface area contributed by atoms with E-state index in [0.717, 1.165) is 31.4 Å². The fourth-order valence-electron chi connectivity index (χ4n) is 14.5. The van der Waals surface area contributed by atoms with Crippen LogP contribution >= 0.6 is 52.2 Å². The number of halogens is 3. The third-order valence-electron chi connectivity index (χ3n) is 21.5. The molecule has 0 aliphatic carbocycles. The molecule has 0 unspecified atom stereocenters. The van der Waals surface area contributed by atoms with E-state index in [0.29, 0.717) is 172 Å². The van der Waals surface area contributed by atoms with Gasteiger partial charge in [0.05, 0.1) is 82.7 Å². The number of Topliss-reactive ketones (excluding diaryl/α,β-unsaturated/α-hetero) is 2. The molecule has 0 bridgehead atoms. The average molecular weight is 2240 g/mol. The Morgan fingerprint density at radius 3 is 1.12 bits per heavy atom. The second-order valence-electron chi connectivity index (χ2n) is 31.1. The van der Waals surface area contributed by atoms with Crippen molar-refractivity contribution in [2.45, 2.75) is 61.5 Å². The van der Waals surface area contributed by atoms with Gasteiger partial charge < -0.3 is 68.1 Å². The third kappa shape index (κ3) is 29.5. The van der Waals surface area contributed by atoms with E-state index < -0.39 is 45.2 Å². The largest absolute Gasteiger partial charge is 1.00 e. The van der Waals surface area contributed by atoms with E-state index >= 15 is 0 Å². The molecular formula is C111H93Br2CuIN6NaO22. The fourth-order valence-corrected chi connectivity index (χ4v) is 15.0. The summed E-state index contributed by atoms with van der Waals surface area (Å²) in [5.74, 6) is 1.69. The summed E-state index contributed by atoms with van der Waals surface area (Å²) in [5.41, 5.74) is 11.5. The number of aryl methyl sites for hydroxylation is 4. The van der Waals surface area contributed by atoms with Gasteiger partial charge in [0.1, 0.15) is 95.6 Å². The fraction of sp³-hybridized carbons (Fsp3) is 0.117. The van der Waals surface area contributed by atoms with E-state index in [1.807, 2.05) is 140 Å². The maximum Gasteiger partial charge on any atom is 1.00 e. The number of hydrogen-bond acceptors (Lipinski definition) is 23. The Balaban J connectivity index is 0.000000180. The smallest absolute Gasteiger partial charge is 1.00 e. The van der Waals surface area contributed by atoms with Gasteiger partial charge in [-0.3, -0.25) is 39.5 Å². The molecule has 2 aromatic heterocycles. The number of esters is 1. The molecule has 33 heteroatoms. The van der Waals surface area contributed by atoms with Crippen LogP contribution in [-0.2, 0) is 48.8 Å². The van der Waals surface area contributed by atoms with Gasteiger partial charge in [0.25, 0.3) is 17.2 Å². The number of methoxy groups -OCH3 is 4. The molecule has 732 valence electrons. The zero-order valence-electron chi connectivity index (χ0n) is 78.2. The van der Waals surface area contributed by atoms with Crippen molar-refractivity contribution in [3.8, 4) is 63.2 Å². The van der Waals surface area contributed by atoms with Crippen molar-refractivity contribution in [3.05, 3.63) is 429 Å². The van der Waals surface area contributed by atoms with Gasteiger partial charge in [-0.15, -0.1) is 5.69 Å². The van der Waals surface area contributed by atoms with Crippen LogP contribution in [0.2, 0.25) is 0 Å². The van der Waals surface area contributed by atoms with Gasteiger partial charge in [0.15, 0.2) is 0 Å². The van der Waals surface area contributed by atoms with Crippen molar-refractivity contribution in [2.75, 3.05) is 33.3 Å². The summed E-state index contributed by atoms with van der Waals surface area (Å²) < 4.78 is 51.9. The summed E-state index contributed by atoms with van der Waals surface area (Å²) in [6, 6.07) is 97.9. The number of carbonyl (C=O) groups excluding carboxylic acids is 5. The Bertz CT molecular complexity index is 7380. The number of phenols is 2. The molecule has 3 N–H and O–H groups in total. The number of anilines is 2. The first-order valence-corrected chi connectivity index (χ1v) is 47.8. The Hall–Kier alpha value is -15.1. The number of carbonyl (C=O) groups is 6. The Labute approximate surface area is 887 Å². The SMILES string of the molecule is Brc1ccc(OCc2ccccc2)cc1.C.COc1ccc2c(c1)C(=O)C(=O)N2c1ccc(OCc2ccccc2)cc1.COc1ccc2c(c1)C(=O)C(=O)[N-]2.COc1ccc2nc3ccc(OCc4ccccc4)cc3c(C(=O)O)c2c1.COc1ccc2nc3ccc(OCc4ccccc4)cc3c(C(=O)Oc3c(C)cc([N+](=O)[O-])cc3C)c2c1.Cc1cc([N+](=O)[O-])cc(C)c1O.Oc1ccc(Br)cc1.[Cu][I].[Na+]. The minimum atomic E-state index is -1.01. The second kappa shape index (κ2) is 53.6. The zero-order chi connectivity index (χ0) is 102. The molecular weight excluding hydrogens is 2140 g/mol. The summed E-state index contributed by atoms with van der Waals surface area (Å²) in [5, 5.41) is 55.2. The molecule has 28 nitrogen and oxygen atoms in total. The van der Waals surface area contributed by atoms with Crippen molar-refractivity contribution >= 4 is 160 Å². The number of hydrogen-bond donors (Lipinski definition) is 3. The predicted molar refractivity (Wildman–Crippen MR) is 560 cm³/mol. The summed E-state index contributed by atoms with van der Waals surface area (Å²) in [4.78, 5) is 104. The second-order valence-corrected chi connectivity index (χ2v) is 33.0. The van der Waals surface area contributed by atoms with Gasteiger partial charge in [-0.2, -0.15) is 0 Å². The molecule has 0 saturated heterocycles. The molecule has 2 aliphatic rings. The van der Waals surface area contributed by atoms with Crippen LogP contribution in [-0.4, -0.2) is 98.9 Å². The molecule has 144 heavy (non-hydrogen) atoms. The van der Waals surface area contributed by atoms with Crippen LogP contribution in [0.1, 0.15) is 93.4 Å². The number of aromatic carboxylic acids is 1. The molecule has 2 aliphatic heterocycles. The monoisotopic (exact) mass is 2230 g/mol. The molecule has 0 spiro atoms. The normalized spacial score (nSPS) is 11.0. The summed E-state index contributed by atoms with van der Waals surface area (Å²) >= 11 is 12.5. The first-order chi connectivity index (χ1) is 68.5. The van der Waals surface area contributed by atoms with Crippen molar-refractivity contribution in [3.63, 3.8) is 0 Å². The van der Waals surface area contributed by atoms with Gasteiger partial charge in [-0.1, -0.05) is 167 Å². The molecule has 0 saturated carbocycles. The number of aromatic nitrogens is 2. The van der Waals surface area contributed by atoms with Crippen LogP contribution < -0.4 is 77.1 Å². The van der Waals surface area contributed by atoms with E-state index in [4.69, 9.17) is 52.7 Å². The van der Waals surface area contributed by atoms with E-state index in [2.05, 4.69) is 67.1 Å². The first kappa shape index (κ1) is 111. The quantitative estimate of drug-likeness (QED) is 0.00829. The number of nitro benzene ring substituents is 2. The van der Waals surface area contributed by atoms with Crippen LogP contribution in [0.3, 0.4) is 0 Å². The minimum absolute atomic E-state index is 0. The summed E-state index contributed by atoms with van der Waals surface area (Å²) in [6.45, 7) is 8.46. The van der Waals surface area contributed by atoms with E-state index in [-0.39, 0.29) is 65.4 Å². The average Bonchev–Trinajstić information content (AvgIpc) is 1.61. The van der Waals surface area contributed by atoms with Crippen molar-refractivity contribution in [2.24, 2.45) is 0 Å². The Kier molecular flexibility index (Phi) is 41.3. The number of benzene rings is 15. The van der Waals surface area contributed by atoms with Crippen molar-refractivity contribution < 1.29 is 139 Å². The molecule has 17 aromatic rings. The number of rotatable bonds is 22. The van der Waals surface area contributed by atoms with Crippen LogP contribution in [0.4, 0.5) is 28.4 Å². The Morgan fingerprint density at radius 2 is 0.736 bits per heavy atom. The van der Waals surface area contributed by atoms with Crippen LogP contribution in [0.25, 0.3) is 48.9 Å². The topological polar surface area (TPSA) is 376 Å². The zero-order valence-corrected chi connectivity index (χ0v) is 86.5. The van der Waals surface area contributed by atoms with E-state index in [1.165, 1.54) is 55.0 Å². The van der Waals surface area contributed by atoms with Crippen LogP contribution in [0, 0.1) is 47.9 Å². The number of carboxylic acids is 1. The van der Waals surface area contributed by atoms with Crippen molar-refractivity contribution in [1.29, 1.82) is 0 Å². The molecule has 2 amide bonds. The maximum atomic E-state index is 13.8. The molecule has 19 rings (SSSR count). The van der Waals surface area contributed by atoms with Gasteiger partial charge in [-0.05, 0) is 248 Å². The van der Waals surface area contributed by atoms with E-state index in [9.17, 15) is 59.2 Å². The van der Waals surface area contributed by atoms with Gasteiger partial charge in [-0.25, -0.2) is 19.6 Å². The molecule has 0 fully saturated rings.